The van der Waals surface area contributed by atoms with Gasteiger partial charge in [-0.2, -0.15) is 0 Å². The highest BCUT2D eigenvalue weighted by Gasteiger charge is 2.46. The molecule has 7 N–H and O–H groups in total. The molecule has 1 aliphatic rings. The minimum absolute atomic E-state index is 0.000723. The van der Waals surface area contributed by atoms with Gasteiger partial charge in [0.25, 0.3) is 5.91 Å². The van der Waals surface area contributed by atoms with E-state index in [2.05, 4.69) is 22.0 Å². The van der Waals surface area contributed by atoms with Crippen molar-refractivity contribution >= 4 is 36.5 Å². The van der Waals surface area contributed by atoms with Crippen molar-refractivity contribution in [2.24, 2.45) is 5.73 Å². The number of aliphatic hydroxyl groups excluding tert-OH is 2. The van der Waals surface area contributed by atoms with E-state index in [1.54, 1.807) is 6.92 Å². The molecule has 3 heterocycles. The molecule has 1 fully saturated rings. The normalized spacial score (nSPS) is 19.6. The molecule has 0 radical (unpaired) electrons. The molecule has 6 atom stereocenters. The van der Waals surface area contributed by atoms with Gasteiger partial charge in [0.2, 0.25) is 0 Å². The molecule has 330 valence electrons. The Kier molecular flexibility index (Phi) is 20.2. The number of nitrogens with two attached hydrogens (primary N) is 2. The van der Waals surface area contributed by atoms with Crippen LogP contribution in [0.15, 0.2) is 30.5 Å². The van der Waals surface area contributed by atoms with Gasteiger partial charge in [0.1, 0.15) is 41.6 Å². The van der Waals surface area contributed by atoms with Crippen molar-refractivity contribution in [3.8, 4) is 0 Å². The molecule has 1 aromatic carbocycles. The SMILES string of the molecule is CCCCCCCCCCCCCCCOCCCOC(=O)C(C)NP(=O)(OCc1ccccc1C)OC[C@H]1O[C@@H](n2cc(C(N)=O)c3c(N)nc(C)nc32)[C@H](O)[C@@H]1O. The quantitative estimate of drug-likeness (QED) is 0.0278. The summed E-state index contributed by atoms with van der Waals surface area (Å²) in [5.41, 5.74) is 13.5. The summed E-state index contributed by atoms with van der Waals surface area (Å²) in [6.07, 6.45) is 13.0. The summed E-state index contributed by atoms with van der Waals surface area (Å²) in [4.78, 5) is 33.7. The average Bonchev–Trinajstić information content (AvgIpc) is 3.72. The predicted octanol–water partition coefficient (Wildman–Crippen LogP) is 6.71. The summed E-state index contributed by atoms with van der Waals surface area (Å²) in [7, 11) is -4.30. The van der Waals surface area contributed by atoms with E-state index in [0.717, 1.165) is 24.0 Å². The Bertz CT molecular complexity index is 1810. The third-order valence-corrected chi connectivity index (χ3v) is 12.2. The minimum Gasteiger partial charge on any atom is -0.464 e. The van der Waals surface area contributed by atoms with Crippen molar-refractivity contribution in [3.63, 3.8) is 0 Å². The van der Waals surface area contributed by atoms with Crippen LogP contribution in [0.3, 0.4) is 0 Å². The van der Waals surface area contributed by atoms with Gasteiger partial charge >= 0.3 is 13.7 Å². The van der Waals surface area contributed by atoms with Gasteiger partial charge in [0, 0.05) is 25.8 Å². The lowest BCUT2D eigenvalue weighted by atomic mass is 10.0. The zero-order valence-corrected chi connectivity index (χ0v) is 36.2. The van der Waals surface area contributed by atoms with E-state index in [0.29, 0.717) is 19.6 Å². The highest BCUT2D eigenvalue weighted by atomic mass is 31.2. The van der Waals surface area contributed by atoms with Gasteiger partial charge in [-0.15, -0.1) is 0 Å². The summed E-state index contributed by atoms with van der Waals surface area (Å²) < 4.78 is 44.3. The maximum atomic E-state index is 14.2. The molecule has 2 unspecified atom stereocenters. The Hall–Kier alpha value is -3.47. The molecule has 3 aromatic rings. The third-order valence-electron chi connectivity index (χ3n) is 10.5. The Balaban J connectivity index is 1.23. The fraction of sp³-hybridized carbons (Fsp3) is 0.667. The molecule has 0 aliphatic carbocycles. The number of nitrogens with one attached hydrogen (secondary N) is 1. The second kappa shape index (κ2) is 24.7. The number of unbranched alkanes of at least 4 members (excludes halogenated alkanes) is 12. The zero-order chi connectivity index (χ0) is 42.8. The van der Waals surface area contributed by atoms with Crippen LogP contribution < -0.4 is 16.6 Å². The van der Waals surface area contributed by atoms with Crippen molar-refractivity contribution in [2.75, 3.05) is 32.2 Å². The van der Waals surface area contributed by atoms with Crippen LogP contribution in [0.2, 0.25) is 0 Å². The van der Waals surface area contributed by atoms with Gasteiger partial charge < -0.3 is 40.5 Å². The van der Waals surface area contributed by atoms with E-state index in [9.17, 15) is 24.4 Å². The number of nitrogens with zero attached hydrogens (tertiary/aromatic N) is 3. The van der Waals surface area contributed by atoms with Gasteiger partial charge in [-0.05, 0) is 38.3 Å². The Morgan fingerprint density at radius 3 is 2.17 bits per heavy atom. The molecule has 1 amide bonds. The summed E-state index contributed by atoms with van der Waals surface area (Å²) in [6, 6.07) is 6.25. The predicted molar refractivity (Wildman–Crippen MR) is 225 cm³/mol. The second-order valence-electron chi connectivity index (χ2n) is 15.4. The Morgan fingerprint density at radius 2 is 1.53 bits per heavy atom. The van der Waals surface area contributed by atoms with E-state index >= 15 is 0 Å². The smallest absolute Gasteiger partial charge is 0.406 e. The van der Waals surface area contributed by atoms with E-state index in [-0.39, 0.29) is 41.5 Å². The number of aliphatic hydroxyl groups is 2. The Morgan fingerprint density at radius 1 is 0.898 bits per heavy atom. The fourth-order valence-electron chi connectivity index (χ4n) is 7.05. The summed E-state index contributed by atoms with van der Waals surface area (Å²) in [5.74, 6) is -1.18. The number of fused-ring (bicyclic) bond motifs is 1. The van der Waals surface area contributed by atoms with Crippen molar-refractivity contribution in [3.05, 3.63) is 53.0 Å². The number of hydrogen-bond acceptors (Lipinski definition) is 13. The van der Waals surface area contributed by atoms with Crippen molar-refractivity contribution in [1.82, 2.24) is 19.6 Å². The van der Waals surface area contributed by atoms with Crippen molar-refractivity contribution in [2.45, 2.75) is 155 Å². The number of amides is 1. The van der Waals surface area contributed by atoms with Crippen LogP contribution >= 0.6 is 7.75 Å². The molecule has 4 rings (SSSR count). The highest BCUT2D eigenvalue weighted by Crippen LogP contribution is 2.47. The number of aryl methyl sites for hydroxylation is 2. The molecule has 0 spiro atoms. The lowest BCUT2D eigenvalue weighted by molar-refractivity contribution is -0.145. The number of aromatic nitrogens is 3. The molecule has 1 saturated heterocycles. The summed E-state index contributed by atoms with van der Waals surface area (Å²) in [5, 5.41) is 24.9. The molecule has 59 heavy (non-hydrogen) atoms. The van der Waals surface area contributed by atoms with Crippen LogP contribution in [-0.4, -0.2) is 87.4 Å². The number of carbonyl (C=O) groups excluding carboxylic acids is 2. The van der Waals surface area contributed by atoms with Crippen LogP contribution in [0.25, 0.3) is 11.0 Å². The first kappa shape index (κ1) is 48.2. The summed E-state index contributed by atoms with van der Waals surface area (Å²) >= 11 is 0. The van der Waals surface area contributed by atoms with Crippen LogP contribution in [0.4, 0.5) is 5.82 Å². The number of benzene rings is 1. The second-order valence-corrected chi connectivity index (χ2v) is 17.2. The molecule has 17 heteroatoms. The zero-order valence-electron chi connectivity index (χ0n) is 35.3. The van der Waals surface area contributed by atoms with Gasteiger partial charge in [0.15, 0.2) is 6.23 Å². The first-order chi connectivity index (χ1) is 28.3. The van der Waals surface area contributed by atoms with Crippen molar-refractivity contribution < 1.29 is 47.6 Å². The molecule has 0 bridgehead atoms. The fourth-order valence-corrected chi connectivity index (χ4v) is 8.50. The molecule has 1 aliphatic heterocycles. The molecule has 16 nitrogen and oxygen atoms in total. The number of esters is 1. The third kappa shape index (κ3) is 14.9. The van der Waals surface area contributed by atoms with E-state index in [1.807, 2.05) is 31.2 Å². The van der Waals surface area contributed by atoms with E-state index < -0.39 is 56.8 Å². The lowest BCUT2D eigenvalue weighted by Crippen LogP contribution is -2.37. The number of hydrogen-bond donors (Lipinski definition) is 5. The van der Waals surface area contributed by atoms with Gasteiger partial charge in [0.05, 0.1) is 30.8 Å². The molecular formula is C42H67N6O10P. The van der Waals surface area contributed by atoms with Crippen LogP contribution in [-0.2, 0) is 39.2 Å². The van der Waals surface area contributed by atoms with Crippen molar-refractivity contribution in [1.29, 1.82) is 0 Å². The number of ether oxygens (including phenoxy) is 3. The van der Waals surface area contributed by atoms with Crippen LogP contribution in [0.1, 0.15) is 137 Å². The van der Waals surface area contributed by atoms with E-state index in [4.69, 9.17) is 34.7 Å². The maximum Gasteiger partial charge on any atom is 0.406 e. The topological polar surface area (TPSA) is 233 Å². The number of nitrogen functional groups attached to an aromatic ring is 1. The first-order valence-electron chi connectivity index (χ1n) is 21.3. The molecular weight excluding hydrogens is 779 g/mol. The van der Waals surface area contributed by atoms with Crippen LogP contribution in [0, 0.1) is 13.8 Å². The monoisotopic (exact) mass is 846 g/mol. The lowest BCUT2D eigenvalue weighted by Gasteiger charge is -2.24. The minimum atomic E-state index is -4.30. The standard InChI is InChI=1S/C42H67N6O10P/c1-5-6-7-8-9-10-11-12-13-14-15-16-19-23-54-24-20-25-55-42(52)30(3)47-59(53,56-27-32-22-18-17-21-29(32)2)57-28-34-36(49)37(50)41(58-34)48-26-33(39(44)51)35-38(43)45-31(4)46-40(35)48/h17-18,21-22,26,30,34,36-37,41,49-50H,5-16,19-20,23-25,27-28H2,1-4H3,(H2,44,51)(H,47,53)(H2,43,45,46)/t30?,34-,36-,37-,41-,59?/m1/s1. The Labute approximate surface area is 348 Å². The van der Waals surface area contributed by atoms with Gasteiger partial charge in [-0.3, -0.25) is 18.6 Å². The van der Waals surface area contributed by atoms with Crippen LogP contribution in [0.5, 0.6) is 0 Å². The average molecular weight is 847 g/mol. The number of carbonyl (C=O) groups is 2. The molecule has 0 saturated carbocycles. The first-order valence-corrected chi connectivity index (χ1v) is 22.8. The van der Waals surface area contributed by atoms with E-state index in [1.165, 1.54) is 88.3 Å². The maximum absolute atomic E-state index is 14.2. The van der Waals surface area contributed by atoms with Gasteiger partial charge in [-0.1, -0.05) is 108 Å². The number of anilines is 1. The van der Waals surface area contributed by atoms with Gasteiger partial charge in [-0.25, -0.2) is 19.6 Å². The largest absolute Gasteiger partial charge is 0.464 e. The highest BCUT2D eigenvalue weighted by molar-refractivity contribution is 7.51. The molecule has 2 aromatic heterocycles. The summed E-state index contributed by atoms with van der Waals surface area (Å²) in [6.45, 7) is 7.78. The number of rotatable bonds is 29. The number of primary amides is 1.